The number of fused-ring (bicyclic) bond motifs is 2. The van der Waals surface area contributed by atoms with Crippen LogP contribution in [0.5, 0.6) is 0 Å². The molecule has 4 aliphatic rings. The van der Waals surface area contributed by atoms with Crippen molar-refractivity contribution >= 4 is 17.7 Å². The Bertz CT molecular complexity index is 998. The normalized spacial score (nSPS) is 33.8. The van der Waals surface area contributed by atoms with Gasteiger partial charge in [-0.1, -0.05) is 65.3 Å². The molecule has 8 heteroatoms. The number of ether oxygens (including phenoxy) is 1. The summed E-state index contributed by atoms with van der Waals surface area (Å²) in [5.74, 6) is -2.19. The molecule has 0 aliphatic carbocycles. The monoisotopic (exact) mass is 515 g/mol. The van der Waals surface area contributed by atoms with Gasteiger partial charge < -0.3 is 24.5 Å². The van der Waals surface area contributed by atoms with Crippen molar-refractivity contribution in [3.8, 4) is 0 Å². The number of hydrogen-bond donors (Lipinski definition) is 1. The highest BCUT2D eigenvalue weighted by Gasteiger charge is 2.73. The van der Waals surface area contributed by atoms with Gasteiger partial charge in [0.05, 0.1) is 30.6 Å². The van der Waals surface area contributed by atoms with Crippen molar-refractivity contribution in [3.05, 3.63) is 24.3 Å². The summed E-state index contributed by atoms with van der Waals surface area (Å²) < 4.78 is 6.69. The number of aliphatic hydroxyl groups excluding tert-OH is 1. The maximum Gasteiger partial charge on any atom is 0.249 e. The Balaban J connectivity index is 1.87. The molecule has 0 aromatic carbocycles. The number of carbonyl (C=O) groups excluding carboxylic acids is 3. The minimum absolute atomic E-state index is 0.0194. The minimum atomic E-state index is -1.27. The van der Waals surface area contributed by atoms with Crippen LogP contribution >= 0.6 is 0 Å². The number of nitrogens with zero attached hydrogens (tertiary/aromatic N) is 3. The van der Waals surface area contributed by atoms with Gasteiger partial charge in [-0.15, -0.1) is 0 Å². The average molecular weight is 516 g/mol. The van der Waals surface area contributed by atoms with E-state index in [1.165, 1.54) is 0 Å². The Kier molecular flexibility index (Phi) is 7.17. The fraction of sp³-hybridized carbons (Fsp3) is 0.759. The zero-order valence-corrected chi connectivity index (χ0v) is 23.7. The predicted molar refractivity (Wildman–Crippen MR) is 141 cm³/mol. The fourth-order valence-electron chi connectivity index (χ4n) is 7.31. The van der Waals surface area contributed by atoms with Crippen LogP contribution in [0.1, 0.15) is 61.3 Å². The minimum Gasteiger partial charge on any atom is -0.394 e. The summed E-state index contributed by atoms with van der Waals surface area (Å²) >= 11 is 0. The summed E-state index contributed by atoms with van der Waals surface area (Å²) in [6.45, 7) is 15.2. The molecular formula is C29H45N3O5. The van der Waals surface area contributed by atoms with Gasteiger partial charge in [-0.3, -0.25) is 14.4 Å². The number of amides is 3. The molecule has 4 heterocycles. The van der Waals surface area contributed by atoms with Crippen LogP contribution in [0.2, 0.25) is 0 Å². The van der Waals surface area contributed by atoms with E-state index in [0.717, 1.165) is 12.8 Å². The van der Waals surface area contributed by atoms with Crippen molar-refractivity contribution in [2.24, 2.45) is 23.2 Å². The lowest BCUT2D eigenvalue weighted by Gasteiger charge is -2.46. The van der Waals surface area contributed by atoms with Crippen LogP contribution in [-0.2, 0) is 19.1 Å². The van der Waals surface area contributed by atoms with Crippen LogP contribution in [0.3, 0.4) is 0 Å². The molecule has 0 aromatic rings. The van der Waals surface area contributed by atoms with E-state index in [9.17, 15) is 19.5 Å². The molecule has 4 rings (SSSR count). The first-order chi connectivity index (χ1) is 17.2. The Hall–Kier alpha value is -2.19. The van der Waals surface area contributed by atoms with Crippen molar-refractivity contribution in [3.63, 3.8) is 0 Å². The van der Waals surface area contributed by atoms with Gasteiger partial charge in [0, 0.05) is 25.7 Å². The summed E-state index contributed by atoms with van der Waals surface area (Å²) in [7, 11) is 1.73. The van der Waals surface area contributed by atoms with E-state index in [-0.39, 0.29) is 35.7 Å². The number of hydrogen-bond acceptors (Lipinski definition) is 5. The molecule has 37 heavy (non-hydrogen) atoms. The van der Waals surface area contributed by atoms with Crippen molar-refractivity contribution in [2.45, 2.75) is 90.6 Å². The lowest BCUT2D eigenvalue weighted by molar-refractivity contribution is -0.156. The topological polar surface area (TPSA) is 90.4 Å². The second-order valence-corrected chi connectivity index (χ2v) is 13.3. The van der Waals surface area contributed by atoms with Crippen LogP contribution in [0.4, 0.5) is 0 Å². The van der Waals surface area contributed by atoms with E-state index in [2.05, 4.69) is 34.6 Å². The van der Waals surface area contributed by atoms with E-state index in [4.69, 9.17) is 4.74 Å². The number of likely N-dealkylation sites (N-methyl/N-ethyl adjacent to an activating group) is 1. The highest BCUT2D eigenvalue weighted by atomic mass is 16.5. The van der Waals surface area contributed by atoms with Gasteiger partial charge in [-0.2, -0.15) is 0 Å². The third-order valence-electron chi connectivity index (χ3n) is 8.84. The molecule has 1 N–H and O–H groups in total. The van der Waals surface area contributed by atoms with Gasteiger partial charge in [-0.25, -0.2) is 0 Å². The third kappa shape index (κ3) is 4.44. The van der Waals surface area contributed by atoms with Crippen molar-refractivity contribution in [2.75, 3.05) is 26.7 Å². The van der Waals surface area contributed by atoms with Gasteiger partial charge in [0.2, 0.25) is 17.7 Å². The quantitative estimate of drug-likeness (QED) is 0.550. The van der Waals surface area contributed by atoms with Gasteiger partial charge in [0.1, 0.15) is 11.6 Å². The van der Waals surface area contributed by atoms with Gasteiger partial charge >= 0.3 is 0 Å². The van der Waals surface area contributed by atoms with Crippen molar-refractivity contribution < 1.29 is 24.2 Å². The Labute approximate surface area is 221 Å². The number of rotatable bonds is 6. The first-order valence-electron chi connectivity index (χ1n) is 13.7. The van der Waals surface area contributed by atoms with Crippen LogP contribution in [0.25, 0.3) is 0 Å². The summed E-state index contributed by atoms with van der Waals surface area (Å²) in [6.07, 6.45) is 8.51. The highest BCUT2D eigenvalue weighted by molar-refractivity contribution is 6.00. The first kappa shape index (κ1) is 27.8. The molecule has 7 atom stereocenters. The predicted octanol–water partition coefficient (Wildman–Crippen LogP) is 2.62. The lowest BCUT2D eigenvalue weighted by atomic mass is 9.77. The number of likely N-dealkylation sites (tertiary alicyclic amines) is 1. The maximum atomic E-state index is 14.6. The second-order valence-electron chi connectivity index (χ2n) is 13.3. The van der Waals surface area contributed by atoms with Crippen LogP contribution in [-0.4, -0.2) is 93.6 Å². The lowest BCUT2D eigenvalue weighted by Crippen LogP contribution is -2.62. The maximum absolute atomic E-state index is 14.6. The van der Waals surface area contributed by atoms with Crippen molar-refractivity contribution in [1.29, 1.82) is 0 Å². The van der Waals surface area contributed by atoms with Gasteiger partial charge in [0.15, 0.2) is 0 Å². The Morgan fingerprint density at radius 3 is 2.35 bits per heavy atom. The molecule has 0 saturated carbocycles. The Morgan fingerprint density at radius 2 is 1.76 bits per heavy atom. The SMILES string of the molecule is CC[C@H](C)[C@H](CO)N1C(=O)[C@@H]2[C@@H]3C(=O)N(C)CC=C[C@@H]3O[C@@]23C=CCN(C(C)(C)CC(C)(C)C)C(=O)C13. The second kappa shape index (κ2) is 9.53. The standard InChI is InChI=1S/C29H45N3O5/c1-9-18(2)19(16-33)32-23-26(36)31(28(6,7)17-27(3,4)5)15-11-13-29(23)22(25(32)35)21-20(37-29)12-10-14-30(8)24(21)34/h10-13,18-23,33H,9,14-17H2,1-8H3/t18-,19-,20-,21+,22-,23?,29-/m0/s1. The fourth-order valence-corrected chi connectivity index (χ4v) is 7.31. The number of carbonyl (C=O) groups is 3. The van der Waals surface area contributed by atoms with Gasteiger partial charge in [0.25, 0.3) is 0 Å². The summed E-state index contributed by atoms with van der Waals surface area (Å²) in [5.41, 5.74) is -1.77. The van der Waals surface area contributed by atoms with E-state index >= 15 is 0 Å². The number of aliphatic hydroxyl groups is 1. The summed E-state index contributed by atoms with van der Waals surface area (Å²) in [6, 6.07) is -1.50. The van der Waals surface area contributed by atoms with Crippen molar-refractivity contribution in [1.82, 2.24) is 14.7 Å². The van der Waals surface area contributed by atoms with Crippen LogP contribution in [0, 0.1) is 23.2 Å². The van der Waals surface area contributed by atoms with Gasteiger partial charge in [-0.05, 0) is 31.6 Å². The first-order valence-corrected chi connectivity index (χ1v) is 13.7. The molecule has 0 radical (unpaired) electrons. The summed E-state index contributed by atoms with van der Waals surface area (Å²) in [4.78, 5) is 47.6. The van der Waals surface area contributed by atoms with E-state index < -0.39 is 41.2 Å². The average Bonchev–Trinajstić information content (AvgIpc) is 3.11. The zero-order chi connectivity index (χ0) is 27.5. The molecule has 1 unspecified atom stereocenters. The van der Waals surface area contributed by atoms with E-state index in [0.29, 0.717) is 13.1 Å². The molecule has 1 spiro atoms. The van der Waals surface area contributed by atoms with E-state index in [1.54, 1.807) is 16.8 Å². The molecule has 2 fully saturated rings. The molecule has 0 aromatic heterocycles. The smallest absolute Gasteiger partial charge is 0.249 e. The van der Waals surface area contributed by atoms with E-state index in [1.807, 2.05) is 43.1 Å². The third-order valence-corrected chi connectivity index (χ3v) is 8.84. The largest absolute Gasteiger partial charge is 0.394 e. The highest BCUT2D eigenvalue weighted by Crippen LogP contribution is 2.54. The molecule has 4 aliphatic heterocycles. The Morgan fingerprint density at radius 1 is 1.08 bits per heavy atom. The van der Waals surface area contributed by atoms with Crippen LogP contribution in [0.15, 0.2) is 24.3 Å². The summed E-state index contributed by atoms with van der Waals surface area (Å²) in [5, 5.41) is 10.5. The zero-order valence-electron chi connectivity index (χ0n) is 23.7. The molecular weight excluding hydrogens is 470 g/mol. The molecule has 2 saturated heterocycles. The molecule has 0 bridgehead atoms. The van der Waals surface area contributed by atoms with Crippen LogP contribution < -0.4 is 0 Å². The molecule has 3 amide bonds. The molecule has 206 valence electrons. The molecule has 8 nitrogen and oxygen atoms in total.